The SMILES string of the molecule is OC[C@@](F)([C@H](F)C(F)(C(F)(F)F)C(F)(F)F)C(F)(F)F. The van der Waals surface area contributed by atoms with Gasteiger partial charge < -0.3 is 5.11 Å². The van der Waals surface area contributed by atoms with Crippen LogP contribution in [0.1, 0.15) is 0 Å². The summed E-state index contributed by atoms with van der Waals surface area (Å²) in [4.78, 5) is 0. The molecular formula is C7H4F12O. The van der Waals surface area contributed by atoms with E-state index in [1.165, 1.54) is 0 Å². The topological polar surface area (TPSA) is 20.2 Å². The lowest BCUT2D eigenvalue weighted by Crippen LogP contribution is -2.69. The van der Waals surface area contributed by atoms with E-state index in [0.29, 0.717) is 0 Å². The van der Waals surface area contributed by atoms with Crippen molar-refractivity contribution >= 4 is 0 Å². The Morgan fingerprint density at radius 2 is 0.950 bits per heavy atom. The van der Waals surface area contributed by atoms with Crippen molar-refractivity contribution in [2.45, 2.75) is 36.0 Å². The summed E-state index contributed by atoms with van der Waals surface area (Å²) in [6, 6.07) is 0. The van der Waals surface area contributed by atoms with Gasteiger partial charge in [-0.05, 0) is 0 Å². The van der Waals surface area contributed by atoms with Crippen molar-refractivity contribution in [2.75, 3.05) is 6.61 Å². The summed E-state index contributed by atoms with van der Waals surface area (Å²) < 4.78 is 147. The average molecular weight is 332 g/mol. The predicted molar refractivity (Wildman–Crippen MR) is 37.8 cm³/mol. The third-order valence-electron chi connectivity index (χ3n) is 2.28. The van der Waals surface area contributed by atoms with Crippen LogP contribution in [0.4, 0.5) is 52.7 Å². The molecule has 0 heterocycles. The second kappa shape index (κ2) is 4.84. The van der Waals surface area contributed by atoms with Gasteiger partial charge in [-0.25, -0.2) is 13.2 Å². The minimum Gasteiger partial charge on any atom is -0.393 e. The zero-order chi connectivity index (χ0) is 16.8. The maximum Gasteiger partial charge on any atom is 0.434 e. The second-order valence-electron chi connectivity index (χ2n) is 3.59. The number of aliphatic hydroxyl groups excluding tert-OH is 1. The van der Waals surface area contributed by atoms with Crippen molar-refractivity contribution in [3.63, 3.8) is 0 Å². The molecule has 0 unspecified atom stereocenters. The molecule has 0 amide bonds. The standard InChI is InChI=1S/C7H4F12O/c8-2(3(9,1-20)5(11,12)13)4(10,6(14,15)16)7(17,18)19/h2,20H,1H2/t2-,3+/m0/s1. The highest BCUT2D eigenvalue weighted by atomic mass is 19.4. The Balaban J connectivity index is 6.13. The number of alkyl halides is 12. The van der Waals surface area contributed by atoms with Gasteiger partial charge >= 0.3 is 24.2 Å². The fourth-order valence-electron chi connectivity index (χ4n) is 1.08. The molecule has 0 rings (SSSR count). The van der Waals surface area contributed by atoms with Gasteiger partial charge in [-0.3, -0.25) is 0 Å². The Morgan fingerprint density at radius 1 is 0.650 bits per heavy atom. The van der Waals surface area contributed by atoms with Gasteiger partial charge in [0.15, 0.2) is 6.17 Å². The monoisotopic (exact) mass is 332 g/mol. The van der Waals surface area contributed by atoms with Gasteiger partial charge in [-0.15, -0.1) is 0 Å². The fourth-order valence-corrected chi connectivity index (χ4v) is 1.08. The fraction of sp³-hybridized carbons (Fsp3) is 1.00. The molecule has 1 nitrogen and oxygen atoms in total. The highest BCUT2D eigenvalue weighted by Crippen LogP contribution is 2.54. The molecule has 1 N–H and O–H groups in total. The van der Waals surface area contributed by atoms with Gasteiger partial charge in [0, 0.05) is 0 Å². The van der Waals surface area contributed by atoms with Crippen molar-refractivity contribution in [3.05, 3.63) is 0 Å². The van der Waals surface area contributed by atoms with Crippen LogP contribution < -0.4 is 0 Å². The lowest BCUT2D eigenvalue weighted by molar-refractivity contribution is -0.384. The Kier molecular flexibility index (Phi) is 4.63. The van der Waals surface area contributed by atoms with Gasteiger partial charge in [0.2, 0.25) is 0 Å². The summed E-state index contributed by atoms with van der Waals surface area (Å²) in [6.07, 6.45) is -27.0. The molecule has 0 saturated carbocycles. The van der Waals surface area contributed by atoms with E-state index in [-0.39, 0.29) is 0 Å². The number of hydrogen-bond acceptors (Lipinski definition) is 1. The van der Waals surface area contributed by atoms with E-state index in [2.05, 4.69) is 0 Å². The van der Waals surface area contributed by atoms with Gasteiger partial charge in [0.1, 0.15) is 0 Å². The van der Waals surface area contributed by atoms with Crippen LogP contribution >= 0.6 is 0 Å². The van der Waals surface area contributed by atoms with Gasteiger partial charge in [0.05, 0.1) is 6.61 Å². The second-order valence-corrected chi connectivity index (χ2v) is 3.59. The van der Waals surface area contributed by atoms with Crippen LogP contribution in [0.25, 0.3) is 0 Å². The normalized spacial score (nSPS) is 19.6. The van der Waals surface area contributed by atoms with Crippen LogP contribution in [0.5, 0.6) is 0 Å². The highest BCUT2D eigenvalue weighted by molar-refractivity contribution is 5.11. The Hall–Kier alpha value is -0.880. The van der Waals surface area contributed by atoms with E-state index in [0.717, 1.165) is 0 Å². The molecule has 0 aliphatic carbocycles. The van der Waals surface area contributed by atoms with Crippen LogP contribution in [-0.2, 0) is 0 Å². The molecule has 0 spiro atoms. The first kappa shape index (κ1) is 19.1. The summed E-state index contributed by atoms with van der Waals surface area (Å²) in [6.45, 7) is -3.17. The van der Waals surface area contributed by atoms with Crippen LogP contribution in [0.2, 0.25) is 0 Å². The minimum absolute atomic E-state index is 3.17. The number of rotatable bonds is 3. The first-order valence-electron chi connectivity index (χ1n) is 4.29. The van der Waals surface area contributed by atoms with Crippen molar-refractivity contribution < 1.29 is 57.8 Å². The molecule has 0 aromatic carbocycles. The first-order valence-corrected chi connectivity index (χ1v) is 4.29. The molecule has 0 aliphatic heterocycles. The van der Waals surface area contributed by atoms with E-state index < -0.39 is 42.6 Å². The Morgan fingerprint density at radius 3 is 1.10 bits per heavy atom. The molecule has 0 saturated heterocycles. The lowest BCUT2D eigenvalue weighted by Gasteiger charge is -2.39. The van der Waals surface area contributed by atoms with E-state index in [1.54, 1.807) is 0 Å². The van der Waals surface area contributed by atoms with E-state index in [1.807, 2.05) is 0 Å². The molecule has 0 aromatic heterocycles. The van der Waals surface area contributed by atoms with Crippen LogP contribution in [0, 0.1) is 0 Å². The van der Waals surface area contributed by atoms with Crippen LogP contribution in [0.15, 0.2) is 0 Å². The molecule has 13 heteroatoms. The summed E-state index contributed by atoms with van der Waals surface area (Å²) in [7, 11) is 0. The van der Waals surface area contributed by atoms with Gasteiger partial charge in [-0.1, -0.05) is 0 Å². The molecule has 20 heavy (non-hydrogen) atoms. The first-order chi connectivity index (χ1) is 8.47. The molecule has 0 radical (unpaired) electrons. The van der Waals surface area contributed by atoms with Crippen molar-refractivity contribution in [1.29, 1.82) is 0 Å². The van der Waals surface area contributed by atoms with E-state index in [4.69, 9.17) is 5.11 Å². The largest absolute Gasteiger partial charge is 0.434 e. The Bertz CT molecular complexity index is 325. The van der Waals surface area contributed by atoms with Crippen LogP contribution in [-0.4, -0.2) is 47.8 Å². The molecule has 2 atom stereocenters. The highest BCUT2D eigenvalue weighted by Gasteiger charge is 2.83. The summed E-state index contributed by atoms with van der Waals surface area (Å²) in [5, 5.41) is 7.95. The number of hydrogen-bond donors (Lipinski definition) is 1. The molecule has 0 fully saturated rings. The summed E-state index contributed by atoms with van der Waals surface area (Å²) in [5.41, 5.74) is -13.2. The van der Waals surface area contributed by atoms with Gasteiger partial charge in [-0.2, -0.15) is 39.5 Å². The van der Waals surface area contributed by atoms with E-state index in [9.17, 15) is 52.7 Å². The maximum absolute atomic E-state index is 13.0. The lowest BCUT2D eigenvalue weighted by atomic mass is 9.86. The average Bonchev–Trinajstić information content (AvgIpc) is 2.20. The molecule has 0 aromatic rings. The van der Waals surface area contributed by atoms with Crippen molar-refractivity contribution in [1.82, 2.24) is 0 Å². The smallest absolute Gasteiger partial charge is 0.393 e. The maximum atomic E-state index is 13.0. The van der Waals surface area contributed by atoms with Crippen molar-refractivity contribution in [2.24, 2.45) is 0 Å². The predicted octanol–water partition coefficient (Wildman–Crippen LogP) is 3.42. The summed E-state index contributed by atoms with van der Waals surface area (Å²) >= 11 is 0. The molecular weight excluding hydrogens is 328 g/mol. The zero-order valence-corrected chi connectivity index (χ0v) is 8.77. The van der Waals surface area contributed by atoms with Crippen LogP contribution in [0.3, 0.4) is 0 Å². The quantitative estimate of drug-likeness (QED) is 0.786. The number of aliphatic hydroxyl groups is 1. The third-order valence-corrected chi connectivity index (χ3v) is 2.28. The van der Waals surface area contributed by atoms with E-state index >= 15 is 0 Å². The minimum atomic E-state index is -7.23. The van der Waals surface area contributed by atoms with Crippen molar-refractivity contribution in [3.8, 4) is 0 Å². The molecule has 0 bridgehead atoms. The third kappa shape index (κ3) is 2.63. The molecule has 122 valence electrons. The van der Waals surface area contributed by atoms with Gasteiger partial charge in [0.25, 0.3) is 5.67 Å². The molecule has 0 aliphatic rings. The summed E-state index contributed by atoms with van der Waals surface area (Å²) in [5.74, 6) is 0. The number of halogens is 12. The Labute approximate surface area is 102 Å². The zero-order valence-electron chi connectivity index (χ0n) is 8.77.